The van der Waals surface area contributed by atoms with Crippen molar-refractivity contribution in [3.63, 3.8) is 0 Å². The first kappa shape index (κ1) is 21.5. The second-order valence-corrected chi connectivity index (χ2v) is 7.65. The van der Waals surface area contributed by atoms with E-state index >= 15 is 0 Å². The van der Waals surface area contributed by atoms with Gasteiger partial charge in [0.15, 0.2) is 17.4 Å². The minimum Gasteiger partial charge on any atom is -0.357 e. The van der Waals surface area contributed by atoms with Gasteiger partial charge in [0.2, 0.25) is 0 Å². The van der Waals surface area contributed by atoms with E-state index in [9.17, 15) is 0 Å². The molecule has 1 aliphatic carbocycles. The summed E-state index contributed by atoms with van der Waals surface area (Å²) < 4.78 is 1.98. The monoisotopic (exact) mass is 504 g/mol. The number of pyridine rings is 1. The lowest BCUT2D eigenvalue weighted by Crippen LogP contribution is -2.39. The predicted octanol–water partition coefficient (Wildman–Crippen LogP) is 4.08. The molecule has 0 radical (unpaired) electrons. The molecule has 1 aromatic carbocycles. The smallest absolute Gasteiger partial charge is 0.191 e. The third-order valence-electron chi connectivity index (χ3n) is 5.25. The molecule has 154 valence electrons. The summed E-state index contributed by atoms with van der Waals surface area (Å²) in [7, 11) is 0. The first-order valence-corrected chi connectivity index (χ1v) is 10.1. The zero-order valence-electron chi connectivity index (χ0n) is 17.2. The highest BCUT2D eigenvalue weighted by Crippen LogP contribution is 2.41. The lowest BCUT2D eigenvalue weighted by molar-refractivity contribution is 0.782. The highest BCUT2D eigenvalue weighted by molar-refractivity contribution is 14.0. The first-order chi connectivity index (χ1) is 13.7. The van der Waals surface area contributed by atoms with Crippen molar-refractivity contribution in [1.29, 1.82) is 0 Å². The van der Waals surface area contributed by atoms with Crippen LogP contribution in [-0.4, -0.2) is 33.1 Å². The molecule has 0 bridgehead atoms. The zero-order valence-corrected chi connectivity index (χ0v) is 19.5. The van der Waals surface area contributed by atoms with Crippen molar-refractivity contribution >= 4 is 35.6 Å². The van der Waals surface area contributed by atoms with Gasteiger partial charge >= 0.3 is 0 Å². The molecule has 1 saturated carbocycles. The molecule has 4 rings (SSSR count). The molecule has 0 amide bonds. The number of aliphatic imine (C=N–C) groups is 1. The van der Waals surface area contributed by atoms with E-state index in [1.165, 1.54) is 11.1 Å². The lowest BCUT2D eigenvalue weighted by Gasteiger charge is -2.11. The SMILES string of the molecule is CCNC(=NCc1nnc2ccccn12)NC1CC1c1ccc(C(C)C)cc1.I. The normalized spacial score (nSPS) is 18.6. The van der Waals surface area contributed by atoms with Crippen molar-refractivity contribution in [2.45, 2.75) is 51.6 Å². The summed E-state index contributed by atoms with van der Waals surface area (Å²) in [5.74, 6) is 2.80. The second kappa shape index (κ2) is 9.56. The molecule has 0 aliphatic heterocycles. The zero-order chi connectivity index (χ0) is 19.5. The standard InChI is InChI=1S/C22H28N6.HI/c1-4-23-22(24-14-21-27-26-20-7-5-6-12-28(20)21)25-19-13-18(19)17-10-8-16(9-11-17)15(2)3;/h5-12,15,18-19H,4,13-14H2,1-3H3,(H2,23,24,25);1H. The molecule has 0 saturated heterocycles. The molecule has 6 nitrogen and oxygen atoms in total. The number of rotatable bonds is 6. The average molecular weight is 504 g/mol. The Hall–Kier alpha value is -2.16. The van der Waals surface area contributed by atoms with E-state index in [1.807, 2.05) is 28.8 Å². The fourth-order valence-corrected chi connectivity index (χ4v) is 3.50. The Labute approximate surface area is 189 Å². The van der Waals surface area contributed by atoms with Crippen LogP contribution in [0.3, 0.4) is 0 Å². The van der Waals surface area contributed by atoms with Crippen molar-refractivity contribution < 1.29 is 0 Å². The van der Waals surface area contributed by atoms with Gasteiger partial charge in [-0.15, -0.1) is 34.2 Å². The number of benzene rings is 1. The number of hydrogen-bond donors (Lipinski definition) is 2. The summed E-state index contributed by atoms with van der Waals surface area (Å²) in [5, 5.41) is 15.4. The Bertz CT molecular complexity index is 963. The van der Waals surface area contributed by atoms with Crippen molar-refractivity contribution in [3.05, 3.63) is 65.6 Å². The summed E-state index contributed by atoms with van der Waals surface area (Å²) in [6.45, 7) is 7.86. The van der Waals surface area contributed by atoms with Gasteiger partial charge in [0.1, 0.15) is 6.54 Å². The Kier molecular flexibility index (Phi) is 7.10. The van der Waals surface area contributed by atoms with Gasteiger partial charge in [-0.1, -0.05) is 44.2 Å². The highest BCUT2D eigenvalue weighted by Gasteiger charge is 2.39. The van der Waals surface area contributed by atoms with Crippen LogP contribution in [0.15, 0.2) is 53.7 Å². The molecule has 2 atom stereocenters. The quantitative estimate of drug-likeness (QED) is 0.302. The summed E-state index contributed by atoms with van der Waals surface area (Å²) in [6.07, 6.45) is 3.11. The molecule has 2 aromatic heterocycles. The fraction of sp³-hybridized carbons (Fsp3) is 0.409. The van der Waals surface area contributed by atoms with Gasteiger partial charge in [0.05, 0.1) is 0 Å². The Morgan fingerprint density at radius 2 is 1.97 bits per heavy atom. The van der Waals surface area contributed by atoms with Crippen LogP contribution in [0.2, 0.25) is 0 Å². The average Bonchev–Trinajstić information content (AvgIpc) is 3.35. The molecular weight excluding hydrogens is 475 g/mol. The van der Waals surface area contributed by atoms with E-state index in [0.717, 1.165) is 30.4 Å². The first-order valence-electron chi connectivity index (χ1n) is 10.1. The third-order valence-corrected chi connectivity index (χ3v) is 5.25. The molecular formula is C22H29IN6. The van der Waals surface area contributed by atoms with Crippen molar-refractivity contribution in [2.24, 2.45) is 4.99 Å². The van der Waals surface area contributed by atoms with Gasteiger partial charge < -0.3 is 10.6 Å². The van der Waals surface area contributed by atoms with Crippen LogP contribution in [-0.2, 0) is 6.54 Å². The van der Waals surface area contributed by atoms with E-state index in [1.54, 1.807) is 0 Å². The Morgan fingerprint density at radius 3 is 2.69 bits per heavy atom. The Balaban J connectivity index is 0.00000240. The number of aromatic nitrogens is 3. The van der Waals surface area contributed by atoms with E-state index in [2.05, 4.69) is 65.9 Å². The molecule has 3 aromatic rings. The van der Waals surface area contributed by atoms with Gasteiger partial charge in [-0.05, 0) is 42.5 Å². The largest absolute Gasteiger partial charge is 0.357 e. The molecule has 7 heteroatoms. The summed E-state index contributed by atoms with van der Waals surface area (Å²) in [4.78, 5) is 4.72. The second-order valence-electron chi connectivity index (χ2n) is 7.65. The topological polar surface area (TPSA) is 66.6 Å². The minimum atomic E-state index is 0. The molecule has 2 heterocycles. The van der Waals surface area contributed by atoms with Crippen molar-refractivity contribution in [1.82, 2.24) is 25.2 Å². The maximum absolute atomic E-state index is 4.72. The summed E-state index contributed by atoms with van der Waals surface area (Å²) >= 11 is 0. The van der Waals surface area contributed by atoms with E-state index in [-0.39, 0.29) is 24.0 Å². The van der Waals surface area contributed by atoms with Crippen molar-refractivity contribution in [3.8, 4) is 0 Å². The van der Waals surface area contributed by atoms with Crippen LogP contribution < -0.4 is 10.6 Å². The maximum atomic E-state index is 4.72. The predicted molar refractivity (Wildman–Crippen MR) is 128 cm³/mol. The number of hydrogen-bond acceptors (Lipinski definition) is 3. The minimum absolute atomic E-state index is 0. The summed E-state index contributed by atoms with van der Waals surface area (Å²) in [5.41, 5.74) is 3.64. The molecule has 1 aliphatic rings. The van der Waals surface area contributed by atoms with Gasteiger partial charge in [0, 0.05) is 24.7 Å². The molecule has 1 fully saturated rings. The fourth-order valence-electron chi connectivity index (χ4n) is 3.50. The molecule has 2 N–H and O–H groups in total. The van der Waals surface area contributed by atoms with Crippen LogP contribution in [0.4, 0.5) is 0 Å². The molecule has 0 spiro atoms. The lowest BCUT2D eigenvalue weighted by atomic mass is 10.0. The number of nitrogens with zero attached hydrogens (tertiary/aromatic N) is 4. The van der Waals surface area contributed by atoms with Gasteiger partial charge in [-0.3, -0.25) is 4.40 Å². The van der Waals surface area contributed by atoms with E-state index in [0.29, 0.717) is 24.4 Å². The van der Waals surface area contributed by atoms with Gasteiger partial charge in [-0.2, -0.15) is 0 Å². The maximum Gasteiger partial charge on any atom is 0.191 e. The number of guanidine groups is 1. The highest BCUT2D eigenvalue weighted by atomic mass is 127. The van der Waals surface area contributed by atoms with Crippen LogP contribution in [0, 0.1) is 0 Å². The van der Waals surface area contributed by atoms with Crippen LogP contribution in [0.25, 0.3) is 5.65 Å². The molecule has 2 unspecified atom stereocenters. The van der Waals surface area contributed by atoms with Gasteiger partial charge in [-0.25, -0.2) is 4.99 Å². The Morgan fingerprint density at radius 1 is 1.17 bits per heavy atom. The third kappa shape index (κ3) is 5.07. The van der Waals surface area contributed by atoms with Gasteiger partial charge in [0.25, 0.3) is 0 Å². The molecule has 29 heavy (non-hydrogen) atoms. The number of nitrogens with one attached hydrogen (secondary N) is 2. The summed E-state index contributed by atoms with van der Waals surface area (Å²) in [6, 6.07) is 15.4. The van der Waals surface area contributed by atoms with Crippen LogP contribution >= 0.6 is 24.0 Å². The van der Waals surface area contributed by atoms with E-state index in [4.69, 9.17) is 4.99 Å². The van der Waals surface area contributed by atoms with Crippen molar-refractivity contribution in [2.75, 3.05) is 6.54 Å². The number of fused-ring (bicyclic) bond motifs is 1. The van der Waals surface area contributed by atoms with E-state index < -0.39 is 0 Å². The number of halogens is 1. The van der Waals surface area contributed by atoms with Crippen LogP contribution in [0.1, 0.15) is 56.0 Å². The van der Waals surface area contributed by atoms with Crippen LogP contribution in [0.5, 0.6) is 0 Å².